The van der Waals surface area contributed by atoms with Crippen molar-refractivity contribution in [3.8, 4) is 0 Å². The van der Waals surface area contributed by atoms with Gasteiger partial charge < -0.3 is 5.32 Å². The Bertz CT molecular complexity index is 801. The number of nitrogens with zero attached hydrogens (tertiary/aromatic N) is 2. The van der Waals surface area contributed by atoms with Crippen LogP contribution in [-0.2, 0) is 4.79 Å². The first-order chi connectivity index (χ1) is 10.6. The number of imidazole rings is 1. The summed E-state index contributed by atoms with van der Waals surface area (Å²) in [5.74, 6) is -0.0694. The second kappa shape index (κ2) is 6.42. The number of amides is 1. The van der Waals surface area contributed by atoms with Crippen molar-refractivity contribution in [1.82, 2.24) is 9.38 Å². The molecule has 1 aromatic carbocycles. The molecule has 4 nitrogen and oxygen atoms in total. The van der Waals surface area contributed by atoms with Gasteiger partial charge in [0.25, 0.3) is 0 Å². The third-order valence-corrected chi connectivity index (χ3v) is 4.50. The molecule has 1 atom stereocenters. The van der Waals surface area contributed by atoms with Gasteiger partial charge in [-0.05, 0) is 43.3 Å². The van der Waals surface area contributed by atoms with E-state index < -0.39 is 0 Å². The number of benzene rings is 1. The molecular formula is C16H14ClN3OS. The number of pyridine rings is 1. The molecule has 0 spiro atoms. The van der Waals surface area contributed by atoms with Gasteiger partial charge in [-0.25, -0.2) is 4.98 Å². The zero-order valence-electron chi connectivity index (χ0n) is 11.9. The van der Waals surface area contributed by atoms with Gasteiger partial charge in [-0.1, -0.05) is 29.4 Å². The van der Waals surface area contributed by atoms with E-state index in [0.717, 1.165) is 16.4 Å². The summed E-state index contributed by atoms with van der Waals surface area (Å²) in [5, 5.41) is 4.05. The molecule has 3 rings (SSSR count). The van der Waals surface area contributed by atoms with Crippen molar-refractivity contribution >= 4 is 40.5 Å². The van der Waals surface area contributed by atoms with E-state index in [2.05, 4.69) is 10.3 Å². The fourth-order valence-corrected chi connectivity index (χ4v) is 3.00. The van der Waals surface area contributed by atoms with Gasteiger partial charge in [0.15, 0.2) is 5.16 Å². The third kappa shape index (κ3) is 3.26. The minimum Gasteiger partial charge on any atom is -0.325 e. The molecule has 2 heterocycles. The molecule has 1 unspecified atom stereocenters. The van der Waals surface area contributed by atoms with Crippen molar-refractivity contribution in [1.29, 1.82) is 0 Å². The molecule has 22 heavy (non-hydrogen) atoms. The second-order valence-corrected chi connectivity index (χ2v) is 6.54. The van der Waals surface area contributed by atoms with Gasteiger partial charge in [0.1, 0.15) is 0 Å². The van der Waals surface area contributed by atoms with Gasteiger partial charge in [-0.2, -0.15) is 0 Å². The lowest BCUT2D eigenvalue weighted by Crippen LogP contribution is -2.22. The van der Waals surface area contributed by atoms with Gasteiger partial charge in [0, 0.05) is 16.9 Å². The summed E-state index contributed by atoms with van der Waals surface area (Å²) in [6.07, 6.45) is 3.74. The molecule has 2 aromatic heterocycles. The van der Waals surface area contributed by atoms with Gasteiger partial charge in [0.05, 0.1) is 17.0 Å². The van der Waals surface area contributed by atoms with Crippen molar-refractivity contribution in [2.45, 2.75) is 17.3 Å². The number of nitrogens with one attached hydrogen (secondary N) is 1. The third-order valence-electron chi connectivity index (χ3n) is 3.17. The molecule has 0 aliphatic rings. The molecule has 0 fully saturated rings. The fraction of sp³-hybridized carbons (Fsp3) is 0.125. The number of rotatable bonds is 4. The van der Waals surface area contributed by atoms with Crippen LogP contribution in [0.3, 0.4) is 0 Å². The predicted octanol–water partition coefficient (Wildman–Crippen LogP) is 4.11. The van der Waals surface area contributed by atoms with Crippen LogP contribution in [-0.4, -0.2) is 20.5 Å². The quantitative estimate of drug-likeness (QED) is 0.732. The maximum Gasteiger partial charge on any atom is 0.237 e. The van der Waals surface area contributed by atoms with Gasteiger partial charge >= 0.3 is 0 Å². The average Bonchev–Trinajstić information content (AvgIpc) is 2.93. The van der Waals surface area contributed by atoms with Crippen molar-refractivity contribution in [2.75, 3.05) is 5.32 Å². The number of hydrogen-bond acceptors (Lipinski definition) is 3. The summed E-state index contributed by atoms with van der Waals surface area (Å²) in [7, 11) is 0. The van der Waals surface area contributed by atoms with Gasteiger partial charge in [-0.15, -0.1) is 0 Å². The minimum atomic E-state index is -0.263. The van der Waals surface area contributed by atoms with Gasteiger partial charge in [-0.3, -0.25) is 9.20 Å². The molecule has 0 saturated carbocycles. The maximum atomic E-state index is 12.3. The maximum absolute atomic E-state index is 12.3. The molecule has 0 radical (unpaired) electrons. The van der Waals surface area contributed by atoms with E-state index in [1.165, 1.54) is 11.8 Å². The topological polar surface area (TPSA) is 46.4 Å². The van der Waals surface area contributed by atoms with E-state index in [0.29, 0.717) is 5.02 Å². The number of thioether (sulfide) groups is 1. The standard InChI is InChI=1S/C16H14ClN3OS/c1-11(15(21)19-13-7-5-12(17)6-8-13)22-16-18-10-14-4-2-3-9-20(14)16/h2-11H,1H3,(H,19,21). The Morgan fingerprint density at radius 3 is 2.82 bits per heavy atom. The summed E-state index contributed by atoms with van der Waals surface area (Å²) in [4.78, 5) is 16.6. The number of aromatic nitrogens is 2. The first-order valence-corrected chi connectivity index (χ1v) is 8.04. The number of anilines is 1. The first kappa shape index (κ1) is 14.9. The highest BCUT2D eigenvalue weighted by Crippen LogP contribution is 2.24. The lowest BCUT2D eigenvalue weighted by Gasteiger charge is -2.11. The van der Waals surface area contributed by atoms with Crippen LogP contribution in [0.25, 0.3) is 5.52 Å². The van der Waals surface area contributed by atoms with E-state index in [-0.39, 0.29) is 11.2 Å². The van der Waals surface area contributed by atoms with E-state index in [1.807, 2.05) is 35.7 Å². The summed E-state index contributed by atoms with van der Waals surface area (Å²) >= 11 is 7.26. The van der Waals surface area contributed by atoms with Crippen molar-refractivity contribution in [3.05, 3.63) is 59.9 Å². The van der Waals surface area contributed by atoms with Crippen LogP contribution in [0.2, 0.25) is 5.02 Å². The SMILES string of the molecule is CC(Sc1ncc2ccccn12)C(=O)Nc1ccc(Cl)cc1. The van der Waals surface area contributed by atoms with E-state index >= 15 is 0 Å². The fourth-order valence-electron chi connectivity index (χ4n) is 2.00. The summed E-state index contributed by atoms with van der Waals surface area (Å²) in [6.45, 7) is 1.86. The number of carbonyl (C=O) groups excluding carboxylic acids is 1. The number of hydrogen-bond donors (Lipinski definition) is 1. The van der Waals surface area contributed by atoms with Crippen LogP contribution in [0.1, 0.15) is 6.92 Å². The van der Waals surface area contributed by atoms with Crippen LogP contribution < -0.4 is 5.32 Å². The van der Waals surface area contributed by atoms with Crippen molar-refractivity contribution in [2.24, 2.45) is 0 Å². The number of halogens is 1. The Morgan fingerprint density at radius 1 is 1.27 bits per heavy atom. The average molecular weight is 332 g/mol. The Hall–Kier alpha value is -1.98. The van der Waals surface area contributed by atoms with Crippen LogP contribution in [0.5, 0.6) is 0 Å². The highest BCUT2D eigenvalue weighted by atomic mass is 35.5. The van der Waals surface area contributed by atoms with Gasteiger partial charge in [0.2, 0.25) is 5.91 Å². The van der Waals surface area contributed by atoms with E-state index in [4.69, 9.17) is 11.6 Å². The predicted molar refractivity (Wildman–Crippen MR) is 90.6 cm³/mol. The minimum absolute atomic E-state index is 0.0694. The monoisotopic (exact) mass is 331 g/mol. The van der Waals surface area contributed by atoms with Crippen LogP contribution >= 0.6 is 23.4 Å². The lowest BCUT2D eigenvalue weighted by molar-refractivity contribution is -0.115. The van der Waals surface area contributed by atoms with Crippen LogP contribution in [0.15, 0.2) is 60.0 Å². The summed E-state index contributed by atoms with van der Waals surface area (Å²) < 4.78 is 1.97. The largest absolute Gasteiger partial charge is 0.325 e. The Morgan fingerprint density at radius 2 is 2.05 bits per heavy atom. The lowest BCUT2D eigenvalue weighted by atomic mass is 10.3. The molecule has 3 aromatic rings. The second-order valence-electron chi connectivity index (χ2n) is 4.79. The Balaban J connectivity index is 1.69. The summed E-state index contributed by atoms with van der Waals surface area (Å²) in [5.41, 5.74) is 1.74. The summed E-state index contributed by atoms with van der Waals surface area (Å²) in [6, 6.07) is 12.9. The molecule has 1 amide bonds. The highest BCUT2D eigenvalue weighted by Gasteiger charge is 2.17. The molecule has 0 saturated heterocycles. The highest BCUT2D eigenvalue weighted by molar-refractivity contribution is 8.00. The van der Waals surface area contributed by atoms with Crippen LogP contribution in [0, 0.1) is 0 Å². The molecule has 6 heteroatoms. The molecule has 0 aliphatic heterocycles. The Kier molecular flexibility index (Phi) is 4.36. The van der Waals surface area contributed by atoms with Crippen molar-refractivity contribution in [3.63, 3.8) is 0 Å². The van der Waals surface area contributed by atoms with Crippen LogP contribution in [0.4, 0.5) is 5.69 Å². The molecule has 1 N–H and O–H groups in total. The zero-order valence-corrected chi connectivity index (χ0v) is 13.4. The van der Waals surface area contributed by atoms with E-state index in [1.54, 1.807) is 30.5 Å². The molecule has 112 valence electrons. The van der Waals surface area contributed by atoms with Crippen molar-refractivity contribution < 1.29 is 4.79 Å². The first-order valence-electron chi connectivity index (χ1n) is 6.78. The molecule has 0 aliphatic carbocycles. The molecule has 0 bridgehead atoms. The number of fused-ring (bicyclic) bond motifs is 1. The smallest absolute Gasteiger partial charge is 0.237 e. The normalized spacial score (nSPS) is 12.3. The van der Waals surface area contributed by atoms with E-state index in [9.17, 15) is 4.79 Å². The number of carbonyl (C=O) groups is 1. The Labute approximate surface area is 137 Å². The molecular weight excluding hydrogens is 318 g/mol. The zero-order chi connectivity index (χ0) is 15.5.